The average Bonchev–Trinajstić information content (AvgIpc) is 3.19. The summed E-state index contributed by atoms with van der Waals surface area (Å²) in [6, 6.07) is 0. The van der Waals surface area contributed by atoms with Crippen LogP contribution in [0.25, 0.3) is 0 Å². The predicted molar refractivity (Wildman–Crippen MR) is 228 cm³/mol. The van der Waals surface area contributed by atoms with E-state index in [1.54, 1.807) is 45.9 Å². The Balaban J connectivity index is 1.89. The normalized spacial score (nSPS) is 35.3. The lowest BCUT2D eigenvalue weighted by Gasteiger charge is -2.53. The predicted octanol–water partition coefficient (Wildman–Crippen LogP) is 4.28. The Bertz CT molecular complexity index is 1830. The van der Waals surface area contributed by atoms with Crippen molar-refractivity contribution in [1.29, 1.82) is 0 Å². The van der Waals surface area contributed by atoms with Crippen molar-refractivity contribution in [3.63, 3.8) is 0 Å². The number of allylic oxidation sites excluding steroid dienone is 3. The fourth-order valence-corrected chi connectivity index (χ4v) is 8.57. The molecule has 3 saturated heterocycles. The second-order valence-corrected chi connectivity index (χ2v) is 18.3. The first kappa shape index (κ1) is 52.4. The molecule has 17 heteroatoms. The molecule has 3 fully saturated rings. The molecule has 0 saturated carbocycles. The summed E-state index contributed by atoms with van der Waals surface area (Å²) in [5.41, 5.74) is -2.06. The van der Waals surface area contributed by atoms with Gasteiger partial charge in [0.05, 0.1) is 62.7 Å². The first-order valence-corrected chi connectivity index (χ1v) is 21.9. The molecule has 0 amide bonds. The van der Waals surface area contributed by atoms with E-state index in [1.165, 1.54) is 33.1 Å². The molecular weight excluding hydrogens is 836 g/mol. The zero-order chi connectivity index (χ0) is 47.6. The highest BCUT2D eigenvalue weighted by Gasteiger charge is 2.59. The van der Waals surface area contributed by atoms with Crippen LogP contribution in [-0.2, 0) is 61.9 Å². The van der Waals surface area contributed by atoms with Gasteiger partial charge in [-0.3, -0.25) is 9.59 Å². The number of ether oxygens (including phenoxy) is 8. The molecule has 0 aromatic carbocycles. The number of methoxy groups -OCH3 is 2. The lowest BCUT2D eigenvalue weighted by atomic mass is 9.70. The largest absolute Gasteiger partial charge is 0.466 e. The van der Waals surface area contributed by atoms with Crippen LogP contribution >= 0.6 is 0 Å². The number of aliphatic hydroxyl groups is 4. The van der Waals surface area contributed by atoms with E-state index >= 15 is 0 Å². The molecule has 0 aromatic heterocycles. The van der Waals surface area contributed by atoms with Crippen molar-refractivity contribution in [3.05, 3.63) is 59.8 Å². The molecule has 4 unspecified atom stereocenters. The molecule has 4 N–H and O–H groups in total. The lowest BCUT2D eigenvalue weighted by molar-refractivity contribution is -0.348. The highest BCUT2D eigenvalue weighted by molar-refractivity contribution is 5.85. The maximum absolute atomic E-state index is 13.4. The molecule has 0 radical (unpaired) electrons. The number of aliphatic hydroxyl groups excluding tert-OH is 2. The Morgan fingerprint density at radius 1 is 0.875 bits per heavy atom. The molecular formula is C47H68O17. The number of cyclic esters (lactones) is 1. The number of rotatable bonds is 9. The molecule has 4 aliphatic heterocycles. The van der Waals surface area contributed by atoms with Crippen molar-refractivity contribution in [1.82, 2.24) is 0 Å². The third kappa shape index (κ3) is 13.4. The Morgan fingerprint density at radius 2 is 1.56 bits per heavy atom. The van der Waals surface area contributed by atoms with Crippen molar-refractivity contribution in [2.24, 2.45) is 10.8 Å². The van der Waals surface area contributed by atoms with Gasteiger partial charge in [0.1, 0.15) is 12.2 Å². The van der Waals surface area contributed by atoms with Gasteiger partial charge in [-0.1, -0.05) is 77.0 Å². The second kappa shape index (κ2) is 22.3. The van der Waals surface area contributed by atoms with E-state index in [1.807, 2.05) is 13.0 Å². The number of unbranched alkanes of at least 4 members (excludes halogenated alkanes) is 1. The van der Waals surface area contributed by atoms with E-state index in [9.17, 15) is 44.4 Å². The molecule has 0 aliphatic carbocycles. The standard InChI is InChI=1S/C47H68O17/c1-10-11-12-13-14-15-39(51)62-43-31(22-41(53)58-9)21-34-25-37(28(2)48)61-42(54)24-32(50)23-35-26-38(59-29(3)49)45(6,7)46(55,63-35)27-36-19-30(20-40(52)57-8)18-33(60-36)16-17-44(4,5)47(43,56)64-34/h12-17,20,22,28,32-38,43,48,50,55-56H,10-11,18-19,21,23-27H2,1-9H3/t28?,32?,33-,34-,35-,36-,37+,38?,43?,46+,47-/m1/s1. The van der Waals surface area contributed by atoms with Crippen LogP contribution in [0.3, 0.4) is 0 Å². The van der Waals surface area contributed by atoms with Gasteiger partial charge in [-0.15, -0.1) is 0 Å². The molecule has 0 aromatic rings. The van der Waals surface area contributed by atoms with Crippen molar-refractivity contribution in [2.45, 2.75) is 179 Å². The lowest BCUT2D eigenvalue weighted by Crippen LogP contribution is -2.62. The van der Waals surface area contributed by atoms with Gasteiger partial charge in [-0.2, -0.15) is 0 Å². The number of esters is 5. The number of hydrogen-bond acceptors (Lipinski definition) is 17. The van der Waals surface area contributed by atoms with Crippen LogP contribution in [0.5, 0.6) is 0 Å². The van der Waals surface area contributed by atoms with E-state index in [2.05, 4.69) is 0 Å². The SMILES string of the molecule is CCCC=CC=CC(=O)OC1C(=CC(=O)OC)C[C@@H]2C[C@@H](C(C)O)OC(=O)CC(O)C[C@@H]3CC(OC(C)=O)C(C)(C)[C@](O)(C[C@H]4CC(=CC(=O)OC)C[C@@H](C=CC(C)(C)[C@]1(O)O2)O4)O3. The van der Waals surface area contributed by atoms with E-state index < -0.39 is 114 Å². The summed E-state index contributed by atoms with van der Waals surface area (Å²) in [5, 5.41) is 47.5. The van der Waals surface area contributed by atoms with Crippen LogP contribution in [0.2, 0.25) is 0 Å². The van der Waals surface area contributed by atoms with Crippen molar-refractivity contribution in [2.75, 3.05) is 14.2 Å². The highest BCUT2D eigenvalue weighted by atomic mass is 16.7. The summed E-state index contributed by atoms with van der Waals surface area (Å²) in [6.07, 6.45) is 2.55. The van der Waals surface area contributed by atoms with Gasteiger partial charge in [0.25, 0.3) is 0 Å². The number of fused-ring (bicyclic) bond motifs is 6. The van der Waals surface area contributed by atoms with Crippen LogP contribution in [-0.4, -0.2) is 131 Å². The minimum Gasteiger partial charge on any atom is -0.466 e. The topological polar surface area (TPSA) is 240 Å². The van der Waals surface area contributed by atoms with E-state index in [4.69, 9.17) is 37.9 Å². The molecule has 64 heavy (non-hydrogen) atoms. The number of carbonyl (C=O) groups is 5. The van der Waals surface area contributed by atoms with Crippen molar-refractivity contribution < 1.29 is 82.3 Å². The van der Waals surface area contributed by atoms with Gasteiger partial charge in [0, 0.05) is 56.3 Å². The summed E-state index contributed by atoms with van der Waals surface area (Å²) in [4.78, 5) is 64.7. The molecule has 11 atom stereocenters. The minimum absolute atomic E-state index is 0.0721. The van der Waals surface area contributed by atoms with Crippen molar-refractivity contribution in [3.8, 4) is 0 Å². The van der Waals surface area contributed by atoms with Gasteiger partial charge in [-0.25, -0.2) is 14.4 Å². The zero-order valence-electron chi connectivity index (χ0n) is 38.5. The molecule has 4 heterocycles. The number of carbonyl (C=O) groups excluding carboxylic acids is 5. The summed E-state index contributed by atoms with van der Waals surface area (Å²) < 4.78 is 46.7. The molecule has 4 rings (SSSR count). The zero-order valence-corrected chi connectivity index (χ0v) is 38.5. The van der Waals surface area contributed by atoms with Crippen molar-refractivity contribution >= 4 is 29.8 Å². The molecule has 17 nitrogen and oxygen atoms in total. The summed E-state index contributed by atoms with van der Waals surface area (Å²) in [6.45, 7) is 11.2. The first-order valence-electron chi connectivity index (χ1n) is 21.9. The summed E-state index contributed by atoms with van der Waals surface area (Å²) >= 11 is 0. The Labute approximate surface area is 375 Å². The van der Waals surface area contributed by atoms with Gasteiger partial charge in [-0.05, 0) is 38.2 Å². The third-order valence-corrected chi connectivity index (χ3v) is 12.4. The highest BCUT2D eigenvalue weighted by Crippen LogP contribution is 2.50. The molecule has 0 spiro atoms. The fourth-order valence-electron chi connectivity index (χ4n) is 8.57. The van der Waals surface area contributed by atoms with E-state index in [-0.39, 0.29) is 50.5 Å². The van der Waals surface area contributed by atoms with Crippen LogP contribution in [0.15, 0.2) is 59.8 Å². The Hall–Kier alpha value is -4.23. The first-order chi connectivity index (χ1) is 29.9. The van der Waals surface area contributed by atoms with Crippen LogP contribution in [0.1, 0.15) is 113 Å². The third-order valence-electron chi connectivity index (χ3n) is 12.4. The molecule has 4 aliphatic rings. The smallest absolute Gasteiger partial charge is 0.331 e. The van der Waals surface area contributed by atoms with Gasteiger partial charge < -0.3 is 58.3 Å². The average molecular weight is 905 g/mol. The van der Waals surface area contributed by atoms with E-state index in [0.717, 1.165) is 32.1 Å². The maximum atomic E-state index is 13.4. The fraction of sp³-hybridized carbons (Fsp3) is 0.681. The maximum Gasteiger partial charge on any atom is 0.331 e. The number of hydrogen-bond donors (Lipinski definition) is 4. The van der Waals surface area contributed by atoms with Gasteiger partial charge >= 0.3 is 29.8 Å². The summed E-state index contributed by atoms with van der Waals surface area (Å²) in [5.74, 6) is -8.31. The van der Waals surface area contributed by atoms with Gasteiger partial charge in [0.15, 0.2) is 11.9 Å². The Morgan fingerprint density at radius 3 is 2.20 bits per heavy atom. The van der Waals surface area contributed by atoms with Crippen LogP contribution in [0, 0.1) is 10.8 Å². The second-order valence-electron chi connectivity index (χ2n) is 18.3. The van der Waals surface area contributed by atoms with Crippen LogP contribution < -0.4 is 0 Å². The summed E-state index contributed by atoms with van der Waals surface area (Å²) in [7, 11) is 2.40. The van der Waals surface area contributed by atoms with Crippen LogP contribution in [0.4, 0.5) is 0 Å². The van der Waals surface area contributed by atoms with E-state index in [0.29, 0.717) is 5.57 Å². The molecule has 358 valence electrons. The minimum atomic E-state index is -2.47. The quantitative estimate of drug-likeness (QED) is 0.0830. The van der Waals surface area contributed by atoms with Gasteiger partial charge in [0.2, 0.25) is 5.79 Å². The monoisotopic (exact) mass is 904 g/mol. The Kier molecular flexibility index (Phi) is 18.3. The molecule has 6 bridgehead atoms.